The van der Waals surface area contributed by atoms with Crippen LogP contribution in [0, 0.1) is 18.3 Å². The zero-order chi connectivity index (χ0) is 24.4. The number of hydrogen-bond donors (Lipinski definition) is 0. The highest BCUT2D eigenvalue weighted by Crippen LogP contribution is 2.33. The Morgan fingerprint density at radius 1 is 1.09 bits per heavy atom. The van der Waals surface area contributed by atoms with Gasteiger partial charge in [-0.25, -0.2) is 4.68 Å². The van der Waals surface area contributed by atoms with Gasteiger partial charge in [0.25, 0.3) is 11.8 Å². The summed E-state index contributed by atoms with van der Waals surface area (Å²) in [5, 5.41) is 14.4. The Hall–Kier alpha value is -4.44. The lowest BCUT2D eigenvalue weighted by Gasteiger charge is -2.26. The second kappa shape index (κ2) is 9.20. The topological polar surface area (TPSA) is 88.2 Å². The van der Waals surface area contributed by atoms with E-state index in [-0.39, 0.29) is 12.1 Å². The number of aryl methyl sites for hydroxylation is 1. The van der Waals surface area contributed by atoms with Crippen LogP contribution in [0.1, 0.15) is 25.0 Å². The molecule has 1 aliphatic rings. The van der Waals surface area contributed by atoms with Crippen molar-refractivity contribution in [2.75, 3.05) is 13.7 Å². The molecule has 3 aromatic rings. The highest BCUT2D eigenvalue weighted by atomic mass is 16.5. The summed E-state index contributed by atoms with van der Waals surface area (Å²) in [7, 11) is 1.62. The monoisotopic (exact) mass is 452 g/mol. The van der Waals surface area contributed by atoms with Gasteiger partial charge in [0.15, 0.2) is 0 Å². The molecule has 1 aliphatic heterocycles. The van der Waals surface area contributed by atoms with Gasteiger partial charge in [-0.15, -0.1) is 0 Å². The van der Waals surface area contributed by atoms with E-state index >= 15 is 0 Å². The quantitative estimate of drug-likeness (QED) is 0.421. The number of carbonyl (C=O) groups is 2. The number of methoxy groups -OCH3 is 1. The van der Waals surface area contributed by atoms with Crippen LogP contribution < -0.4 is 4.74 Å². The highest BCUT2D eigenvalue weighted by molar-refractivity contribution is 6.19. The summed E-state index contributed by atoms with van der Waals surface area (Å²) in [6.45, 7) is 5.50. The van der Waals surface area contributed by atoms with Gasteiger partial charge >= 0.3 is 0 Å². The van der Waals surface area contributed by atoms with Crippen molar-refractivity contribution in [2.45, 2.75) is 20.8 Å². The van der Waals surface area contributed by atoms with Crippen LogP contribution in [0.25, 0.3) is 23.0 Å². The standard InChI is InChI=1S/C27H24N4O3/c1-5-30-26(32)23(18(3)24(15-28)27(30)33)14-19-16-31(20-9-7-6-8-10-20)29-25(19)22-12-11-21(34-4)13-17(22)2/h6-14,16H,5H2,1-4H3. The fraction of sp³-hybridized carbons (Fsp3) is 0.185. The molecular formula is C27H24N4O3. The first kappa shape index (κ1) is 22.7. The molecule has 0 fully saturated rings. The summed E-state index contributed by atoms with van der Waals surface area (Å²) in [4.78, 5) is 26.8. The molecule has 0 bridgehead atoms. The molecule has 2 amide bonds. The number of ether oxygens (including phenoxy) is 1. The summed E-state index contributed by atoms with van der Waals surface area (Å²) in [6, 6.07) is 17.3. The van der Waals surface area contributed by atoms with Crippen LogP contribution in [-0.4, -0.2) is 40.1 Å². The minimum absolute atomic E-state index is 0.0228. The molecule has 2 aromatic carbocycles. The number of carbonyl (C=O) groups excluding carboxylic acids is 2. The predicted octanol–water partition coefficient (Wildman–Crippen LogP) is 4.47. The average molecular weight is 453 g/mol. The van der Waals surface area contributed by atoms with Crippen molar-refractivity contribution in [1.82, 2.24) is 14.7 Å². The van der Waals surface area contributed by atoms with Crippen LogP contribution in [0.3, 0.4) is 0 Å². The van der Waals surface area contributed by atoms with Gasteiger partial charge in [-0.2, -0.15) is 10.4 Å². The van der Waals surface area contributed by atoms with Gasteiger partial charge in [-0.3, -0.25) is 14.5 Å². The summed E-state index contributed by atoms with van der Waals surface area (Å²) in [5.74, 6) is -0.245. The van der Waals surface area contributed by atoms with Crippen molar-refractivity contribution >= 4 is 17.9 Å². The number of benzene rings is 2. The molecule has 7 nitrogen and oxygen atoms in total. The van der Waals surface area contributed by atoms with E-state index in [1.807, 2.05) is 67.7 Å². The smallest absolute Gasteiger partial charge is 0.271 e. The van der Waals surface area contributed by atoms with Crippen molar-refractivity contribution in [1.29, 1.82) is 5.26 Å². The van der Waals surface area contributed by atoms with Crippen molar-refractivity contribution in [3.8, 4) is 28.8 Å². The van der Waals surface area contributed by atoms with Crippen LogP contribution in [0.4, 0.5) is 0 Å². The summed E-state index contributed by atoms with van der Waals surface area (Å²) < 4.78 is 7.10. The fourth-order valence-corrected chi connectivity index (χ4v) is 4.02. The number of imide groups is 1. The normalized spacial score (nSPS) is 15.1. The lowest BCUT2D eigenvalue weighted by atomic mass is 9.93. The first-order valence-corrected chi connectivity index (χ1v) is 10.9. The molecule has 0 unspecified atom stereocenters. The van der Waals surface area contributed by atoms with Gasteiger partial charge in [0.1, 0.15) is 23.1 Å². The van der Waals surface area contributed by atoms with Crippen molar-refractivity contribution in [3.63, 3.8) is 0 Å². The number of likely N-dealkylation sites (N-methyl/N-ethyl adjacent to an activating group) is 1. The molecule has 7 heteroatoms. The first-order valence-electron chi connectivity index (χ1n) is 10.9. The molecule has 0 N–H and O–H groups in total. The Labute approximate surface area is 198 Å². The van der Waals surface area contributed by atoms with Crippen molar-refractivity contribution in [3.05, 3.63) is 82.6 Å². The van der Waals surface area contributed by atoms with E-state index < -0.39 is 11.8 Å². The third kappa shape index (κ3) is 3.90. The molecule has 0 saturated carbocycles. The first-order chi connectivity index (χ1) is 16.4. The number of rotatable bonds is 5. The molecule has 170 valence electrons. The second-order valence-corrected chi connectivity index (χ2v) is 7.92. The van der Waals surface area contributed by atoms with E-state index in [1.165, 1.54) is 0 Å². The van der Waals surface area contributed by atoms with E-state index in [2.05, 4.69) is 0 Å². The second-order valence-electron chi connectivity index (χ2n) is 7.92. The van der Waals surface area contributed by atoms with Gasteiger partial charge in [0.05, 0.1) is 12.8 Å². The SMILES string of the molecule is CCN1C(=O)C(=Cc2cn(-c3ccccc3)nc2-c2ccc(OC)cc2C)C(C)=C(C#N)C1=O. The summed E-state index contributed by atoms with van der Waals surface area (Å²) in [5.41, 5.74) is 4.73. The molecule has 0 atom stereocenters. The largest absolute Gasteiger partial charge is 0.497 e. The molecule has 0 saturated heterocycles. The Bertz CT molecular complexity index is 1390. The zero-order valence-electron chi connectivity index (χ0n) is 19.5. The average Bonchev–Trinajstić information content (AvgIpc) is 3.26. The van der Waals surface area contributed by atoms with Gasteiger partial charge < -0.3 is 4.74 Å². The Morgan fingerprint density at radius 3 is 2.44 bits per heavy atom. The Kier molecular flexibility index (Phi) is 6.15. The molecular weight excluding hydrogens is 428 g/mol. The molecule has 0 radical (unpaired) electrons. The summed E-state index contributed by atoms with van der Waals surface area (Å²) >= 11 is 0. The molecule has 0 spiro atoms. The van der Waals surface area contributed by atoms with Gasteiger partial charge in [-0.05, 0) is 68.3 Å². The summed E-state index contributed by atoms with van der Waals surface area (Å²) in [6.07, 6.45) is 3.57. The van der Waals surface area contributed by atoms with E-state index in [0.29, 0.717) is 22.4 Å². The van der Waals surface area contributed by atoms with E-state index in [0.717, 1.165) is 27.5 Å². The number of nitriles is 1. The number of amides is 2. The highest BCUT2D eigenvalue weighted by Gasteiger charge is 2.34. The Morgan fingerprint density at radius 2 is 1.82 bits per heavy atom. The molecule has 0 aliphatic carbocycles. The van der Waals surface area contributed by atoms with E-state index in [9.17, 15) is 14.9 Å². The van der Waals surface area contributed by atoms with Crippen LogP contribution in [-0.2, 0) is 9.59 Å². The fourth-order valence-electron chi connectivity index (χ4n) is 4.02. The number of nitrogens with zero attached hydrogens (tertiary/aromatic N) is 4. The third-order valence-electron chi connectivity index (χ3n) is 5.89. The maximum absolute atomic E-state index is 13.2. The van der Waals surface area contributed by atoms with Crippen LogP contribution in [0.15, 0.2) is 71.4 Å². The van der Waals surface area contributed by atoms with E-state index in [1.54, 1.807) is 31.7 Å². The van der Waals surface area contributed by atoms with E-state index in [4.69, 9.17) is 9.84 Å². The minimum atomic E-state index is -0.559. The lowest BCUT2D eigenvalue weighted by molar-refractivity contribution is -0.140. The minimum Gasteiger partial charge on any atom is -0.497 e. The Balaban J connectivity index is 1.95. The molecule has 4 rings (SSSR count). The van der Waals surface area contributed by atoms with Gasteiger partial charge in [0.2, 0.25) is 0 Å². The molecule has 34 heavy (non-hydrogen) atoms. The maximum atomic E-state index is 13.2. The van der Waals surface area contributed by atoms with Crippen LogP contribution in [0.2, 0.25) is 0 Å². The lowest BCUT2D eigenvalue weighted by Crippen LogP contribution is -2.42. The molecule has 1 aromatic heterocycles. The molecule has 2 heterocycles. The number of hydrogen-bond acceptors (Lipinski definition) is 5. The predicted molar refractivity (Wildman–Crippen MR) is 129 cm³/mol. The third-order valence-corrected chi connectivity index (χ3v) is 5.89. The maximum Gasteiger partial charge on any atom is 0.271 e. The van der Waals surface area contributed by atoms with Crippen LogP contribution in [0.5, 0.6) is 5.75 Å². The zero-order valence-corrected chi connectivity index (χ0v) is 19.5. The van der Waals surface area contributed by atoms with Crippen LogP contribution >= 0.6 is 0 Å². The van der Waals surface area contributed by atoms with Gasteiger partial charge in [-0.1, -0.05) is 18.2 Å². The van der Waals surface area contributed by atoms with Crippen molar-refractivity contribution in [2.24, 2.45) is 0 Å². The van der Waals surface area contributed by atoms with Gasteiger partial charge in [0, 0.05) is 29.4 Å². The van der Waals surface area contributed by atoms with Crippen molar-refractivity contribution < 1.29 is 14.3 Å². The number of para-hydroxylation sites is 1. The number of aromatic nitrogens is 2.